The van der Waals surface area contributed by atoms with Crippen molar-refractivity contribution in [2.75, 3.05) is 11.9 Å². The van der Waals surface area contributed by atoms with Crippen molar-refractivity contribution < 1.29 is 9.90 Å². The van der Waals surface area contributed by atoms with E-state index in [4.69, 9.17) is 5.11 Å². The van der Waals surface area contributed by atoms with Crippen molar-refractivity contribution in [3.05, 3.63) is 23.9 Å². The first-order valence-corrected chi connectivity index (χ1v) is 6.54. The quantitative estimate of drug-likeness (QED) is 0.860. The normalized spacial score (nSPS) is 23.6. The molecule has 0 atom stereocenters. The summed E-state index contributed by atoms with van der Waals surface area (Å²) in [6, 6.07) is 4.02. The van der Waals surface area contributed by atoms with Crippen LogP contribution in [0.1, 0.15) is 31.2 Å². The minimum atomic E-state index is -0.637. The molecule has 0 spiro atoms. The number of carboxylic acids is 1. The van der Waals surface area contributed by atoms with E-state index in [0.29, 0.717) is 5.92 Å². The standard InChI is InChI=1S/C14H20N2O2/c1-10-2-7-13(15-8-10)16-9-11-3-5-12(6-4-11)14(17)18/h2,7-8,11-12H,3-6,9H2,1H3,(H,15,16)(H,17,18). The molecule has 0 saturated heterocycles. The number of aliphatic carboxylic acids is 1. The third-order valence-corrected chi connectivity index (χ3v) is 3.68. The van der Waals surface area contributed by atoms with Gasteiger partial charge in [0.25, 0.3) is 0 Å². The Morgan fingerprint density at radius 3 is 2.67 bits per heavy atom. The highest BCUT2D eigenvalue weighted by Crippen LogP contribution is 2.28. The Labute approximate surface area is 107 Å². The molecule has 1 aliphatic rings. The molecular formula is C14H20N2O2. The predicted molar refractivity (Wildman–Crippen MR) is 70.5 cm³/mol. The van der Waals surface area contributed by atoms with Gasteiger partial charge < -0.3 is 10.4 Å². The summed E-state index contributed by atoms with van der Waals surface area (Å²) in [6.45, 7) is 2.91. The maximum atomic E-state index is 10.8. The van der Waals surface area contributed by atoms with E-state index in [2.05, 4.69) is 10.3 Å². The summed E-state index contributed by atoms with van der Waals surface area (Å²) in [5, 5.41) is 12.3. The Morgan fingerprint density at radius 2 is 2.11 bits per heavy atom. The number of carbonyl (C=O) groups is 1. The lowest BCUT2D eigenvalue weighted by Crippen LogP contribution is -2.25. The molecule has 1 aromatic rings. The van der Waals surface area contributed by atoms with Crippen molar-refractivity contribution in [1.29, 1.82) is 0 Å². The van der Waals surface area contributed by atoms with Crippen LogP contribution in [-0.4, -0.2) is 22.6 Å². The van der Waals surface area contributed by atoms with Crippen LogP contribution in [0.3, 0.4) is 0 Å². The van der Waals surface area contributed by atoms with Gasteiger partial charge in [0.05, 0.1) is 5.92 Å². The molecule has 2 rings (SSSR count). The third kappa shape index (κ3) is 3.45. The van der Waals surface area contributed by atoms with E-state index in [1.165, 1.54) is 0 Å². The lowest BCUT2D eigenvalue weighted by molar-refractivity contribution is -0.143. The molecule has 0 amide bonds. The van der Waals surface area contributed by atoms with Crippen molar-refractivity contribution in [3.8, 4) is 0 Å². The zero-order valence-electron chi connectivity index (χ0n) is 10.7. The molecule has 1 aliphatic carbocycles. The fraction of sp³-hybridized carbons (Fsp3) is 0.571. The first-order chi connectivity index (χ1) is 8.65. The SMILES string of the molecule is Cc1ccc(NCC2CCC(C(=O)O)CC2)nc1. The molecule has 4 nitrogen and oxygen atoms in total. The maximum Gasteiger partial charge on any atom is 0.306 e. The molecule has 0 aliphatic heterocycles. The van der Waals surface area contributed by atoms with Gasteiger partial charge in [0.2, 0.25) is 0 Å². The number of hydrogen-bond donors (Lipinski definition) is 2. The second kappa shape index (κ2) is 5.85. The molecule has 0 aromatic carbocycles. The molecule has 0 bridgehead atoms. The number of anilines is 1. The Balaban J connectivity index is 1.75. The monoisotopic (exact) mass is 248 g/mol. The highest BCUT2D eigenvalue weighted by molar-refractivity contribution is 5.69. The first-order valence-electron chi connectivity index (χ1n) is 6.54. The molecule has 2 N–H and O–H groups in total. The second-order valence-corrected chi connectivity index (χ2v) is 5.16. The second-order valence-electron chi connectivity index (χ2n) is 5.16. The predicted octanol–water partition coefficient (Wildman–Crippen LogP) is 2.69. The zero-order chi connectivity index (χ0) is 13.0. The van der Waals surface area contributed by atoms with E-state index in [0.717, 1.165) is 43.6 Å². The van der Waals surface area contributed by atoms with E-state index >= 15 is 0 Å². The number of pyridine rings is 1. The molecule has 1 heterocycles. The van der Waals surface area contributed by atoms with Crippen LogP contribution in [0.5, 0.6) is 0 Å². The van der Waals surface area contributed by atoms with E-state index in [1.807, 2.05) is 25.3 Å². The van der Waals surface area contributed by atoms with E-state index in [1.54, 1.807) is 0 Å². The fourth-order valence-electron chi connectivity index (χ4n) is 2.43. The Bertz CT molecular complexity index is 395. The Kier molecular flexibility index (Phi) is 4.18. The summed E-state index contributed by atoms with van der Waals surface area (Å²) >= 11 is 0. The van der Waals surface area contributed by atoms with Crippen molar-refractivity contribution in [2.45, 2.75) is 32.6 Å². The van der Waals surface area contributed by atoms with Crippen molar-refractivity contribution in [1.82, 2.24) is 4.98 Å². The average Bonchev–Trinajstić information content (AvgIpc) is 2.38. The zero-order valence-corrected chi connectivity index (χ0v) is 10.7. The molecule has 1 fully saturated rings. The summed E-state index contributed by atoms with van der Waals surface area (Å²) in [5.41, 5.74) is 1.16. The minimum Gasteiger partial charge on any atom is -0.481 e. The lowest BCUT2D eigenvalue weighted by Gasteiger charge is -2.26. The van der Waals surface area contributed by atoms with Crippen LogP contribution in [0.15, 0.2) is 18.3 Å². The van der Waals surface area contributed by atoms with Gasteiger partial charge in [-0.2, -0.15) is 0 Å². The lowest BCUT2D eigenvalue weighted by atomic mass is 9.82. The number of carboxylic acid groups (broad SMARTS) is 1. The minimum absolute atomic E-state index is 0.126. The van der Waals surface area contributed by atoms with Gasteiger partial charge in [-0.3, -0.25) is 4.79 Å². The molecular weight excluding hydrogens is 228 g/mol. The van der Waals surface area contributed by atoms with Gasteiger partial charge in [-0.25, -0.2) is 4.98 Å². The van der Waals surface area contributed by atoms with Crippen LogP contribution in [0, 0.1) is 18.8 Å². The number of aromatic nitrogens is 1. The van der Waals surface area contributed by atoms with Crippen molar-refractivity contribution in [3.63, 3.8) is 0 Å². The van der Waals surface area contributed by atoms with Crippen LogP contribution < -0.4 is 5.32 Å². The first kappa shape index (κ1) is 12.9. The molecule has 4 heteroatoms. The van der Waals surface area contributed by atoms with Gasteiger partial charge in [-0.1, -0.05) is 6.07 Å². The van der Waals surface area contributed by atoms with Gasteiger partial charge in [-0.05, 0) is 50.2 Å². The summed E-state index contributed by atoms with van der Waals surface area (Å²) < 4.78 is 0. The summed E-state index contributed by atoms with van der Waals surface area (Å²) in [4.78, 5) is 15.1. The molecule has 1 aromatic heterocycles. The van der Waals surface area contributed by atoms with Crippen LogP contribution in [0.2, 0.25) is 0 Å². The van der Waals surface area contributed by atoms with Crippen LogP contribution >= 0.6 is 0 Å². The highest BCUT2D eigenvalue weighted by Gasteiger charge is 2.25. The van der Waals surface area contributed by atoms with E-state index in [9.17, 15) is 4.79 Å². The van der Waals surface area contributed by atoms with Gasteiger partial charge >= 0.3 is 5.97 Å². The van der Waals surface area contributed by atoms with Gasteiger partial charge in [0, 0.05) is 12.7 Å². The van der Waals surface area contributed by atoms with Crippen LogP contribution in [-0.2, 0) is 4.79 Å². The third-order valence-electron chi connectivity index (χ3n) is 3.68. The topological polar surface area (TPSA) is 62.2 Å². The fourth-order valence-corrected chi connectivity index (χ4v) is 2.43. The van der Waals surface area contributed by atoms with Crippen molar-refractivity contribution in [2.24, 2.45) is 11.8 Å². The number of nitrogens with one attached hydrogen (secondary N) is 1. The van der Waals surface area contributed by atoms with E-state index < -0.39 is 5.97 Å². The van der Waals surface area contributed by atoms with Crippen LogP contribution in [0.25, 0.3) is 0 Å². The van der Waals surface area contributed by atoms with Gasteiger partial charge in [0.15, 0.2) is 0 Å². The Morgan fingerprint density at radius 1 is 1.39 bits per heavy atom. The highest BCUT2D eigenvalue weighted by atomic mass is 16.4. The van der Waals surface area contributed by atoms with Crippen molar-refractivity contribution >= 4 is 11.8 Å². The smallest absolute Gasteiger partial charge is 0.306 e. The maximum absolute atomic E-state index is 10.8. The number of aryl methyl sites for hydroxylation is 1. The summed E-state index contributed by atoms with van der Waals surface area (Å²) in [7, 11) is 0. The Hall–Kier alpha value is -1.58. The number of nitrogens with zero attached hydrogens (tertiary/aromatic N) is 1. The molecule has 1 saturated carbocycles. The summed E-state index contributed by atoms with van der Waals surface area (Å²) in [6.07, 6.45) is 5.46. The molecule has 18 heavy (non-hydrogen) atoms. The molecule has 0 unspecified atom stereocenters. The van der Waals surface area contributed by atoms with Gasteiger partial charge in [0.1, 0.15) is 5.82 Å². The molecule has 98 valence electrons. The summed E-state index contributed by atoms with van der Waals surface area (Å²) in [5.74, 6) is 0.713. The van der Waals surface area contributed by atoms with E-state index in [-0.39, 0.29) is 5.92 Å². The van der Waals surface area contributed by atoms with Gasteiger partial charge in [-0.15, -0.1) is 0 Å². The molecule has 0 radical (unpaired) electrons. The largest absolute Gasteiger partial charge is 0.481 e. The number of rotatable bonds is 4. The van der Waals surface area contributed by atoms with Crippen LogP contribution in [0.4, 0.5) is 5.82 Å². The average molecular weight is 248 g/mol. The number of hydrogen-bond acceptors (Lipinski definition) is 3.